The highest BCUT2D eigenvalue weighted by atomic mass is 15.2. The molecule has 1 aliphatic heterocycles. The van der Waals surface area contributed by atoms with Crippen LogP contribution in [0.4, 0.5) is 5.82 Å². The van der Waals surface area contributed by atoms with Crippen LogP contribution in [0.25, 0.3) is 11.3 Å². The molecule has 0 unspecified atom stereocenters. The second-order valence-corrected chi connectivity index (χ2v) is 6.54. The predicted octanol–water partition coefficient (Wildman–Crippen LogP) is 3.02. The summed E-state index contributed by atoms with van der Waals surface area (Å²) in [5, 5.41) is 21.0. The lowest BCUT2D eigenvalue weighted by atomic mass is 10.0. The Bertz CT molecular complexity index is 732. The Hall–Kier alpha value is -2.45. The number of likely N-dealkylation sites (N-methyl/N-ethyl adjacent to an activating group) is 1. The van der Waals surface area contributed by atoms with Gasteiger partial charge in [0.25, 0.3) is 0 Å². The molecule has 0 spiro atoms. The van der Waals surface area contributed by atoms with Crippen LogP contribution in [0.15, 0.2) is 30.3 Å². The van der Waals surface area contributed by atoms with Crippen molar-refractivity contribution in [1.29, 1.82) is 5.26 Å². The Morgan fingerprint density at radius 3 is 2.75 bits per heavy atom. The third-order valence-electron chi connectivity index (χ3n) is 4.47. The molecule has 3 rings (SSSR count). The smallest absolute Gasteiger partial charge is 0.149 e. The fraction of sp³-hybridized carbons (Fsp3) is 0.421. The Morgan fingerprint density at radius 1 is 1.29 bits per heavy atom. The summed E-state index contributed by atoms with van der Waals surface area (Å²) >= 11 is 0. The van der Waals surface area contributed by atoms with E-state index in [2.05, 4.69) is 46.5 Å². The van der Waals surface area contributed by atoms with Crippen LogP contribution in [0.2, 0.25) is 0 Å². The summed E-state index contributed by atoms with van der Waals surface area (Å²) in [5.41, 5.74) is 4.05. The molecule has 0 aliphatic carbocycles. The van der Waals surface area contributed by atoms with Crippen molar-refractivity contribution in [1.82, 2.24) is 15.1 Å². The Kier molecular flexibility index (Phi) is 5.07. The predicted molar refractivity (Wildman–Crippen MR) is 95.7 cm³/mol. The average Bonchev–Trinajstić information content (AvgIpc) is 2.56. The molecule has 0 saturated carbocycles. The van der Waals surface area contributed by atoms with Crippen LogP contribution in [0.5, 0.6) is 0 Å². The zero-order valence-electron chi connectivity index (χ0n) is 14.3. The Morgan fingerprint density at radius 2 is 2.08 bits per heavy atom. The molecule has 1 saturated heterocycles. The normalized spacial score (nSPS) is 18.1. The van der Waals surface area contributed by atoms with Gasteiger partial charge < -0.3 is 10.2 Å². The Balaban J connectivity index is 1.73. The second-order valence-electron chi connectivity index (χ2n) is 6.54. The van der Waals surface area contributed by atoms with Gasteiger partial charge in [0.05, 0.1) is 18.2 Å². The highest BCUT2D eigenvalue weighted by molar-refractivity contribution is 5.64. The number of nitriles is 1. The molecule has 0 radical (unpaired) electrons. The minimum absolute atomic E-state index is 0.434. The van der Waals surface area contributed by atoms with Gasteiger partial charge in [-0.1, -0.05) is 24.3 Å². The van der Waals surface area contributed by atoms with Crippen molar-refractivity contribution in [3.05, 3.63) is 41.5 Å². The third-order valence-corrected chi connectivity index (χ3v) is 4.47. The van der Waals surface area contributed by atoms with Crippen molar-refractivity contribution in [3.63, 3.8) is 0 Å². The van der Waals surface area contributed by atoms with Crippen LogP contribution >= 0.6 is 0 Å². The maximum atomic E-state index is 8.75. The molecule has 2 heterocycles. The summed E-state index contributed by atoms with van der Waals surface area (Å²) < 4.78 is 0. The summed E-state index contributed by atoms with van der Waals surface area (Å²) in [6, 6.07) is 12.6. The van der Waals surface area contributed by atoms with Crippen molar-refractivity contribution in [2.24, 2.45) is 0 Å². The summed E-state index contributed by atoms with van der Waals surface area (Å²) in [4.78, 5) is 2.35. The SMILES string of the molecule is Cc1cc(N[C@@H]2CCCN(C)C2)nnc1-c1ccc(CC#N)cc1. The number of aromatic nitrogens is 2. The molecule has 1 N–H and O–H groups in total. The highest BCUT2D eigenvalue weighted by Gasteiger charge is 2.17. The molecule has 0 bridgehead atoms. The molecule has 2 aromatic rings. The number of likely N-dealkylation sites (tertiary alicyclic amines) is 1. The molecule has 124 valence electrons. The first-order chi connectivity index (χ1) is 11.7. The third kappa shape index (κ3) is 3.90. The van der Waals surface area contributed by atoms with Crippen molar-refractivity contribution >= 4 is 5.82 Å². The fourth-order valence-electron chi connectivity index (χ4n) is 3.21. The summed E-state index contributed by atoms with van der Waals surface area (Å²) in [6.07, 6.45) is 2.82. The van der Waals surface area contributed by atoms with Crippen LogP contribution in [-0.2, 0) is 6.42 Å². The number of rotatable bonds is 4. The lowest BCUT2D eigenvalue weighted by molar-refractivity contribution is 0.260. The van der Waals surface area contributed by atoms with E-state index < -0.39 is 0 Å². The van der Waals surface area contributed by atoms with E-state index in [4.69, 9.17) is 5.26 Å². The maximum Gasteiger partial charge on any atom is 0.149 e. The molecule has 5 nitrogen and oxygen atoms in total. The zero-order chi connectivity index (χ0) is 16.9. The molecule has 1 atom stereocenters. The lowest BCUT2D eigenvalue weighted by Gasteiger charge is -2.30. The van der Waals surface area contributed by atoms with Gasteiger partial charge in [-0.3, -0.25) is 0 Å². The topological polar surface area (TPSA) is 64.8 Å². The van der Waals surface area contributed by atoms with Crippen LogP contribution in [0, 0.1) is 18.3 Å². The van der Waals surface area contributed by atoms with Crippen LogP contribution in [0.3, 0.4) is 0 Å². The van der Waals surface area contributed by atoms with Gasteiger partial charge in [0, 0.05) is 18.2 Å². The molecule has 0 amide bonds. The summed E-state index contributed by atoms with van der Waals surface area (Å²) in [5.74, 6) is 0.845. The van der Waals surface area contributed by atoms with Crippen molar-refractivity contribution in [3.8, 4) is 17.3 Å². The van der Waals surface area contributed by atoms with E-state index in [9.17, 15) is 0 Å². The lowest BCUT2D eigenvalue weighted by Crippen LogP contribution is -2.39. The molecule has 1 aliphatic rings. The largest absolute Gasteiger partial charge is 0.365 e. The minimum atomic E-state index is 0.434. The van der Waals surface area contributed by atoms with E-state index in [0.717, 1.165) is 34.7 Å². The van der Waals surface area contributed by atoms with Gasteiger partial charge in [-0.15, -0.1) is 10.2 Å². The second kappa shape index (κ2) is 7.41. The van der Waals surface area contributed by atoms with Gasteiger partial charge >= 0.3 is 0 Å². The van der Waals surface area contributed by atoms with Crippen molar-refractivity contribution in [2.45, 2.75) is 32.2 Å². The average molecular weight is 321 g/mol. The maximum absolute atomic E-state index is 8.75. The Labute approximate surface area is 143 Å². The van der Waals surface area contributed by atoms with Gasteiger partial charge in [-0.05, 0) is 50.6 Å². The summed E-state index contributed by atoms with van der Waals surface area (Å²) in [6.45, 7) is 4.28. The molecule has 24 heavy (non-hydrogen) atoms. The minimum Gasteiger partial charge on any atom is -0.365 e. The van der Waals surface area contributed by atoms with E-state index in [1.165, 1.54) is 19.4 Å². The number of aryl methyl sites for hydroxylation is 1. The molecule has 1 aromatic heterocycles. The fourth-order valence-corrected chi connectivity index (χ4v) is 3.21. The number of piperidine rings is 1. The van der Waals surface area contributed by atoms with Crippen molar-refractivity contribution in [2.75, 3.05) is 25.5 Å². The number of benzene rings is 1. The molecular formula is C19H23N5. The van der Waals surface area contributed by atoms with Gasteiger partial charge in [-0.25, -0.2) is 0 Å². The molecule has 1 fully saturated rings. The number of hydrogen-bond acceptors (Lipinski definition) is 5. The van der Waals surface area contributed by atoms with Gasteiger partial charge in [0.2, 0.25) is 0 Å². The molecule has 1 aromatic carbocycles. The highest BCUT2D eigenvalue weighted by Crippen LogP contribution is 2.23. The first kappa shape index (κ1) is 16.4. The number of hydrogen-bond donors (Lipinski definition) is 1. The first-order valence-corrected chi connectivity index (χ1v) is 8.41. The van der Waals surface area contributed by atoms with E-state index in [1.807, 2.05) is 24.3 Å². The van der Waals surface area contributed by atoms with Crippen LogP contribution in [0.1, 0.15) is 24.0 Å². The molecular weight excluding hydrogens is 298 g/mol. The van der Waals surface area contributed by atoms with Crippen LogP contribution < -0.4 is 5.32 Å². The summed E-state index contributed by atoms with van der Waals surface area (Å²) in [7, 11) is 2.16. The van der Waals surface area contributed by atoms with Crippen LogP contribution in [-0.4, -0.2) is 41.3 Å². The van der Waals surface area contributed by atoms with Gasteiger partial charge in [0.15, 0.2) is 0 Å². The number of nitrogens with zero attached hydrogens (tertiary/aromatic N) is 4. The van der Waals surface area contributed by atoms with Crippen molar-refractivity contribution < 1.29 is 0 Å². The van der Waals surface area contributed by atoms with E-state index in [-0.39, 0.29) is 0 Å². The first-order valence-electron chi connectivity index (χ1n) is 8.41. The quantitative estimate of drug-likeness (QED) is 0.937. The van der Waals surface area contributed by atoms with E-state index in [1.54, 1.807) is 0 Å². The zero-order valence-corrected chi connectivity index (χ0v) is 14.3. The van der Waals surface area contributed by atoms with E-state index >= 15 is 0 Å². The monoisotopic (exact) mass is 321 g/mol. The number of nitrogens with one attached hydrogen (secondary N) is 1. The van der Waals surface area contributed by atoms with Gasteiger partial charge in [-0.2, -0.15) is 5.26 Å². The standard InChI is InChI=1S/C19H23N5/c1-14-12-18(21-17-4-3-11-24(2)13-17)22-23-19(14)16-7-5-15(6-8-16)9-10-20/h5-8,12,17H,3-4,9,11,13H2,1-2H3,(H,21,22)/t17-/m1/s1. The molecule has 5 heteroatoms. The van der Waals surface area contributed by atoms with Gasteiger partial charge in [0.1, 0.15) is 5.82 Å². The number of anilines is 1. The van der Waals surface area contributed by atoms with E-state index in [0.29, 0.717) is 12.5 Å².